The number of hydrogen-bond donors (Lipinski definition) is 0. The second kappa shape index (κ2) is 7.61. The van der Waals surface area contributed by atoms with Gasteiger partial charge in [-0.1, -0.05) is 0 Å². The van der Waals surface area contributed by atoms with Crippen LogP contribution >= 0.6 is 0 Å². The van der Waals surface area contributed by atoms with E-state index in [1.165, 1.54) is 0 Å². The normalized spacial score (nSPS) is 8.23. The number of hydrogen-bond acceptors (Lipinski definition) is 4. The van der Waals surface area contributed by atoms with Crippen LogP contribution in [0.4, 0.5) is 0 Å². The Bertz CT molecular complexity index is 229. The molecule has 0 fully saturated rings. The van der Waals surface area contributed by atoms with Gasteiger partial charge in [0, 0.05) is 0 Å². The summed E-state index contributed by atoms with van der Waals surface area (Å²) in [4.78, 5) is 0. The molecule has 0 aliphatic carbocycles. The minimum atomic E-state index is 0. The van der Waals surface area contributed by atoms with E-state index >= 15 is 0 Å². The standard InChI is InChI=1S/C8H9BO2.2H2O/c1-10-6-11-8-4-2-3-7(9)5-8;;/h2-5H,6H2,1H3;2*1H2/q+2;;/p-2. The first-order chi connectivity index (χ1) is 5.33. The first kappa shape index (κ1) is 14.5. The summed E-state index contributed by atoms with van der Waals surface area (Å²) in [6, 6.07) is 7.22. The van der Waals surface area contributed by atoms with Gasteiger partial charge in [-0.05, 0) is 0 Å². The molecule has 0 amide bonds. The molecule has 0 aromatic heterocycles. The van der Waals surface area contributed by atoms with E-state index in [0.29, 0.717) is 5.46 Å². The van der Waals surface area contributed by atoms with Crippen LogP contribution in [0.15, 0.2) is 24.3 Å². The molecule has 0 spiro atoms. The zero-order chi connectivity index (χ0) is 8.10. The van der Waals surface area contributed by atoms with Crippen LogP contribution < -0.4 is 10.2 Å². The Kier molecular flexibility index (Phi) is 8.48. The van der Waals surface area contributed by atoms with E-state index in [2.05, 4.69) is 0 Å². The Morgan fingerprint density at radius 1 is 1.31 bits per heavy atom. The van der Waals surface area contributed by atoms with Gasteiger partial charge in [-0.15, -0.1) is 0 Å². The molecule has 5 heteroatoms. The van der Waals surface area contributed by atoms with Gasteiger partial charge in [0.1, 0.15) is 0 Å². The van der Waals surface area contributed by atoms with Crippen molar-refractivity contribution in [2.24, 2.45) is 0 Å². The quantitative estimate of drug-likeness (QED) is 0.490. The van der Waals surface area contributed by atoms with E-state index in [4.69, 9.17) is 17.3 Å². The maximum absolute atomic E-state index is 5.51. The zero-order valence-electron chi connectivity index (χ0n) is 7.30. The molecular formula is C8H11BO4. The van der Waals surface area contributed by atoms with Gasteiger partial charge >= 0.3 is 66.7 Å². The Morgan fingerprint density at radius 3 is 2.54 bits per heavy atom. The molecule has 0 aliphatic heterocycles. The van der Waals surface area contributed by atoms with Crippen LogP contribution in [0.5, 0.6) is 5.75 Å². The maximum atomic E-state index is 5.51. The monoisotopic (exact) mass is 182 g/mol. The molecule has 0 saturated carbocycles. The fourth-order valence-corrected chi connectivity index (χ4v) is 0.731. The molecule has 1 aromatic carbocycles. The molecule has 2 N–H and O–H groups in total. The minimum absolute atomic E-state index is 0. The summed E-state index contributed by atoms with van der Waals surface area (Å²) >= 11 is 0. The fraction of sp³-hybridized carbons (Fsp3) is 0.250. The molecule has 0 unspecified atom stereocenters. The number of benzene rings is 1. The molecule has 0 aliphatic rings. The Balaban J connectivity index is 0. The van der Waals surface area contributed by atoms with Gasteiger partial charge in [0.2, 0.25) is 0 Å². The molecule has 1 rings (SSSR count). The van der Waals surface area contributed by atoms with E-state index in [9.17, 15) is 0 Å². The SMILES string of the molecule is [B+2]c1cccc(OCOC)c1.[OH-].[OH-]. The van der Waals surface area contributed by atoms with Crippen LogP contribution in [-0.2, 0) is 4.74 Å². The van der Waals surface area contributed by atoms with Gasteiger partial charge in [-0.2, -0.15) is 0 Å². The van der Waals surface area contributed by atoms with E-state index in [-0.39, 0.29) is 17.7 Å². The Morgan fingerprint density at radius 2 is 2.00 bits per heavy atom. The van der Waals surface area contributed by atoms with E-state index < -0.39 is 0 Å². The average Bonchev–Trinajstić information content (AvgIpc) is 2.01. The summed E-state index contributed by atoms with van der Waals surface area (Å²) in [5.74, 6) is 0.729. The first-order valence-electron chi connectivity index (χ1n) is 3.30. The maximum Gasteiger partial charge on any atom is -0.870 e. The Labute approximate surface area is 78.5 Å². The topological polar surface area (TPSA) is 78.5 Å². The van der Waals surface area contributed by atoms with Crippen LogP contribution in [0.2, 0.25) is 0 Å². The van der Waals surface area contributed by atoms with Crippen molar-refractivity contribution in [2.75, 3.05) is 13.9 Å². The largest absolute Gasteiger partial charge is 0.870 e. The van der Waals surface area contributed by atoms with Gasteiger partial charge in [-0.3, -0.25) is 0 Å². The van der Waals surface area contributed by atoms with Crippen molar-refractivity contribution in [2.45, 2.75) is 0 Å². The average molecular weight is 182 g/mol. The van der Waals surface area contributed by atoms with Crippen molar-refractivity contribution < 1.29 is 20.4 Å². The molecular weight excluding hydrogens is 171 g/mol. The molecule has 0 heterocycles. The minimum Gasteiger partial charge on any atom is -0.870 e. The van der Waals surface area contributed by atoms with Crippen LogP contribution in [0, 0.1) is 0 Å². The third-order valence-corrected chi connectivity index (χ3v) is 1.20. The molecule has 0 atom stereocenters. The third-order valence-electron chi connectivity index (χ3n) is 1.20. The van der Waals surface area contributed by atoms with Crippen molar-refractivity contribution in [3.8, 4) is 5.75 Å². The summed E-state index contributed by atoms with van der Waals surface area (Å²) in [7, 11) is 7.09. The van der Waals surface area contributed by atoms with Crippen LogP contribution in [0.25, 0.3) is 0 Å². The van der Waals surface area contributed by atoms with Crippen LogP contribution in [0.1, 0.15) is 0 Å². The van der Waals surface area contributed by atoms with Crippen LogP contribution in [0.3, 0.4) is 0 Å². The van der Waals surface area contributed by atoms with Gasteiger partial charge in [0.05, 0.1) is 0 Å². The second-order valence-corrected chi connectivity index (χ2v) is 2.12. The summed E-state index contributed by atoms with van der Waals surface area (Å²) in [5, 5.41) is 0. The number of rotatable bonds is 3. The summed E-state index contributed by atoms with van der Waals surface area (Å²) < 4.78 is 9.86. The summed E-state index contributed by atoms with van der Waals surface area (Å²) in [6.07, 6.45) is 0. The fourth-order valence-electron chi connectivity index (χ4n) is 0.731. The van der Waals surface area contributed by atoms with Crippen LogP contribution in [-0.4, -0.2) is 32.7 Å². The molecule has 70 valence electrons. The van der Waals surface area contributed by atoms with Crippen molar-refractivity contribution in [1.29, 1.82) is 0 Å². The number of ether oxygens (including phenoxy) is 2. The van der Waals surface area contributed by atoms with Gasteiger partial charge < -0.3 is 11.0 Å². The van der Waals surface area contributed by atoms with Gasteiger partial charge in [-0.25, -0.2) is 0 Å². The molecule has 0 radical (unpaired) electrons. The zero-order valence-corrected chi connectivity index (χ0v) is 7.30. The predicted molar refractivity (Wildman–Crippen MR) is 48.2 cm³/mol. The van der Waals surface area contributed by atoms with E-state index in [1.54, 1.807) is 19.2 Å². The molecule has 4 nitrogen and oxygen atoms in total. The van der Waals surface area contributed by atoms with Gasteiger partial charge in [0.25, 0.3) is 0 Å². The van der Waals surface area contributed by atoms with E-state index in [0.717, 1.165) is 5.75 Å². The molecule has 0 saturated heterocycles. The van der Waals surface area contributed by atoms with E-state index in [1.807, 2.05) is 12.1 Å². The molecule has 13 heavy (non-hydrogen) atoms. The predicted octanol–water partition coefficient (Wildman–Crippen LogP) is 0.109. The Hall–Kier alpha value is -1.04. The molecule has 1 aromatic rings. The smallest absolute Gasteiger partial charge is 0.870 e. The summed E-state index contributed by atoms with van der Waals surface area (Å²) in [6.45, 7) is 0.253. The summed E-state index contributed by atoms with van der Waals surface area (Å²) in [5.41, 5.74) is 0.693. The second-order valence-electron chi connectivity index (χ2n) is 2.12. The van der Waals surface area contributed by atoms with Crippen molar-refractivity contribution >= 4 is 13.3 Å². The van der Waals surface area contributed by atoms with Gasteiger partial charge in [0.15, 0.2) is 0 Å². The van der Waals surface area contributed by atoms with Crippen molar-refractivity contribution in [3.05, 3.63) is 24.3 Å². The first-order valence-corrected chi connectivity index (χ1v) is 3.30. The van der Waals surface area contributed by atoms with Crippen molar-refractivity contribution in [3.63, 3.8) is 0 Å². The number of methoxy groups -OCH3 is 1. The molecule has 0 bridgehead atoms. The van der Waals surface area contributed by atoms with Crippen molar-refractivity contribution in [1.82, 2.24) is 0 Å². The third kappa shape index (κ3) is 5.24.